The Morgan fingerprint density at radius 3 is 2.71 bits per heavy atom. The first-order valence-electron chi connectivity index (χ1n) is 8.66. The van der Waals surface area contributed by atoms with E-state index in [0.717, 1.165) is 16.5 Å². The SMILES string of the molecule is COC(=O)Cn1cc(C=C(C#N)C(=O)Nc2cccc(C)c2)c2ccccc21. The zero-order chi connectivity index (χ0) is 20.1. The Hall–Kier alpha value is -3.85. The Morgan fingerprint density at radius 2 is 2.00 bits per heavy atom. The summed E-state index contributed by atoms with van der Waals surface area (Å²) in [4.78, 5) is 24.2. The molecule has 1 N–H and O–H groups in total. The predicted molar refractivity (Wildman–Crippen MR) is 107 cm³/mol. The highest BCUT2D eigenvalue weighted by atomic mass is 16.5. The minimum Gasteiger partial charge on any atom is -0.468 e. The Kier molecular flexibility index (Phi) is 5.56. The number of carbonyl (C=O) groups is 2. The van der Waals surface area contributed by atoms with Crippen molar-refractivity contribution >= 4 is 34.5 Å². The van der Waals surface area contributed by atoms with E-state index in [0.29, 0.717) is 11.3 Å². The first kappa shape index (κ1) is 18.9. The van der Waals surface area contributed by atoms with Crippen LogP contribution >= 0.6 is 0 Å². The van der Waals surface area contributed by atoms with Crippen molar-refractivity contribution in [3.05, 3.63) is 71.4 Å². The number of fused-ring (bicyclic) bond motifs is 1. The Morgan fingerprint density at radius 1 is 1.21 bits per heavy atom. The Bertz CT molecular complexity index is 1120. The summed E-state index contributed by atoms with van der Waals surface area (Å²) in [6.07, 6.45) is 3.26. The second-order valence-corrected chi connectivity index (χ2v) is 6.30. The predicted octanol–water partition coefficient (Wildman–Crippen LogP) is 3.67. The number of ether oxygens (including phenoxy) is 1. The van der Waals surface area contributed by atoms with Gasteiger partial charge in [-0.1, -0.05) is 30.3 Å². The van der Waals surface area contributed by atoms with E-state index in [1.165, 1.54) is 13.2 Å². The van der Waals surface area contributed by atoms with Gasteiger partial charge in [-0.3, -0.25) is 9.59 Å². The highest BCUT2D eigenvalue weighted by Crippen LogP contribution is 2.24. The monoisotopic (exact) mass is 373 g/mol. The molecule has 6 nitrogen and oxygen atoms in total. The number of aryl methyl sites for hydroxylation is 1. The van der Waals surface area contributed by atoms with Crippen LogP contribution in [0.4, 0.5) is 5.69 Å². The van der Waals surface area contributed by atoms with Crippen LogP contribution in [0.3, 0.4) is 0 Å². The van der Waals surface area contributed by atoms with Crippen molar-refractivity contribution in [1.82, 2.24) is 4.57 Å². The van der Waals surface area contributed by atoms with Crippen LogP contribution in [0.5, 0.6) is 0 Å². The third-order valence-electron chi connectivity index (χ3n) is 4.29. The number of hydrogen-bond donors (Lipinski definition) is 1. The van der Waals surface area contributed by atoms with Crippen molar-refractivity contribution < 1.29 is 14.3 Å². The molecule has 0 radical (unpaired) electrons. The fourth-order valence-electron chi connectivity index (χ4n) is 2.95. The first-order chi connectivity index (χ1) is 13.5. The fourth-order valence-corrected chi connectivity index (χ4v) is 2.95. The van der Waals surface area contributed by atoms with E-state index >= 15 is 0 Å². The average molecular weight is 373 g/mol. The second kappa shape index (κ2) is 8.23. The topological polar surface area (TPSA) is 84.1 Å². The van der Waals surface area contributed by atoms with Gasteiger partial charge in [0.2, 0.25) is 0 Å². The van der Waals surface area contributed by atoms with Gasteiger partial charge in [-0.25, -0.2) is 0 Å². The number of esters is 1. The Balaban J connectivity index is 1.96. The van der Waals surface area contributed by atoms with Gasteiger partial charge in [0.15, 0.2) is 0 Å². The number of carbonyl (C=O) groups excluding carboxylic acids is 2. The smallest absolute Gasteiger partial charge is 0.325 e. The highest BCUT2D eigenvalue weighted by molar-refractivity contribution is 6.10. The van der Waals surface area contributed by atoms with Crippen LogP contribution in [0.1, 0.15) is 11.1 Å². The molecule has 1 aromatic heterocycles. The van der Waals surface area contributed by atoms with Crippen LogP contribution in [0.25, 0.3) is 17.0 Å². The first-order valence-corrected chi connectivity index (χ1v) is 8.66. The van der Waals surface area contributed by atoms with Crippen molar-refractivity contribution in [2.45, 2.75) is 13.5 Å². The fraction of sp³-hybridized carbons (Fsp3) is 0.136. The maximum Gasteiger partial charge on any atom is 0.325 e. The minimum absolute atomic E-state index is 0.0255. The van der Waals surface area contributed by atoms with Crippen LogP contribution in [-0.4, -0.2) is 23.6 Å². The molecule has 6 heteroatoms. The maximum absolute atomic E-state index is 12.5. The third-order valence-corrected chi connectivity index (χ3v) is 4.29. The minimum atomic E-state index is -0.488. The number of benzene rings is 2. The average Bonchev–Trinajstić information content (AvgIpc) is 3.03. The standard InChI is InChI=1S/C22H19N3O3/c1-15-6-5-7-18(10-15)24-22(27)16(12-23)11-17-13-25(14-21(26)28-2)20-9-4-3-8-19(17)20/h3-11,13H,14H2,1-2H3,(H,24,27). The summed E-state index contributed by atoms with van der Waals surface area (Å²) in [5.41, 5.74) is 3.10. The molecule has 0 aliphatic heterocycles. The molecule has 0 atom stereocenters. The van der Waals surface area contributed by atoms with E-state index in [2.05, 4.69) is 5.32 Å². The van der Waals surface area contributed by atoms with Gasteiger partial charge in [-0.15, -0.1) is 0 Å². The summed E-state index contributed by atoms with van der Waals surface area (Å²) in [6, 6.07) is 16.8. The summed E-state index contributed by atoms with van der Waals surface area (Å²) in [7, 11) is 1.33. The lowest BCUT2D eigenvalue weighted by atomic mass is 10.1. The number of nitrogens with one attached hydrogen (secondary N) is 1. The van der Waals surface area contributed by atoms with Crippen LogP contribution in [0.15, 0.2) is 60.3 Å². The number of rotatable bonds is 5. The van der Waals surface area contributed by atoms with Gasteiger partial charge >= 0.3 is 5.97 Å². The molecule has 28 heavy (non-hydrogen) atoms. The number of aromatic nitrogens is 1. The quantitative estimate of drug-likeness (QED) is 0.420. The van der Waals surface area contributed by atoms with Crippen molar-refractivity contribution in [2.75, 3.05) is 12.4 Å². The molecule has 0 aliphatic carbocycles. The molecular formula is C22H19N3O3. The highest BCUT2D eigenvalue weighted by Gasteiger charge is 2.14. The molecule has 0 bridgehead atoms. The number of para-hydroxylation sites is 1. The van der Waals surface area contributed by atoms with Crippen LogP contribution in [-0.2, 0) is 20.9 Å². The summed E-state index contributed by atoms with van der Waals surface area (Å²) in [6.45, 7) is 1.97. The zero-order valence-electron chi connectivity index (χ0n) is 15.6. The molecular weight excluding hydrogens is 354 g/mol. The largest absolute Gasteiger partial charge is 0.468 e. The lowest BCUT2D eigenvalue weighted by Gasteiger charge is -2.05. The molecule has 2 aromatic carbocycles. The molecule has 0 fully saturated rings. The molecule has 0 aliphatic rings. The zero-order valence-corrected chi connectivity index (χ0v) is 15.6. The van der Waals surface area contributed by atoms with Gasteiger partial charge in [0.05, 0.1) is 7.11 Å². The van der Waals surface area contributed by atoms with Crippen molar-refractivity contribution in [1.29, 1.82) is 5.26 Å². The molecule has 1 amide bonds. The maximum atomic E-state index is 12.5. The molecule has 3 rings (SSSR count). The van der Waals surface area contributed by atoms with Crippen molar-refractivity contribution in [2.24, 2.45) is 0 Å². The summed E-state index contributed by atoms with van der Waals surface area (Å²) < 4.78 is 6.47. The van der Waals surface area contributed by atoms with E-state index in [-0.39, 0.29) is 18.1 Å². The molecule has 0 saturated heterocycles. The Labute approximate surface area is 162 Å². The molecule has 140 valence electrons. The number of methoxy groups -OCH3 is 1. The van der Waals surface area contributed by atoms with Crippen LogP contribution in [0, 0.1) is 18.3 Å². The van der Waals surface area contributed by atoms with E-state index in [1.807, 2.05) is 55.5 Å². The molecule has 1 heterocycles. The second-order valence-electron chi connectivity index (χ2n) is 6.30. The lowest BCUT2D eigenvalue weighted by molar-refractivity contribution is -0.141. The van der Waals surface area contributed by atoms with Gasteiger partial charge in [-0.2, -0.15) is 5.26 Å². The van der Waals surface area contributed by atoms with Gasteiger partial charge in [0, 0.05) is 28.4 Å². The number of hydrogen-bond acceptors (Lipinski definition) is 4. The number of anilines is 1. The van der Waals surface area contributed by atoms with E-state index in [4.69, 9.17) is 4.74 Å². The van der Waals surface area contributed by atoms with E-state index in [1.54, 1.807) is 16.8 Å². The molecule has 0 spiro atoms. The van der Waals surface area contributed by atoms with Gasteiger partial charge in [0.25, 0.3) is 5.91 Å². The normalized spacial score (nSPS) is 11.1. The van der Waals surface area contributed by atoms with Gasteiger partial charge in [0.1, 0.15) is 18.2 Å². The van der Waals surface area contributed by atoms with Crippen molar-refractivity contribution in [3.8, 4) is 6.07 Å². The van der Waals surface area contributed by atoms with Gasteiger partial charge < -0.3 is 14.6 Å². The summed E-state index contributed by atoms with van der Waals surface area (Å²) >= 11 is 0. The summed E-state index contributed by atoms with van der Waals surface area (Å²) in [5.74, 6) is -0.869. The molecule has 3 aromatic rings. The van der Waals surface area contributed by atoms with Gasteiger partial charge in [-0.05, 0) is 36.8 Å². The van der Waals surface area contributed by atoms with Crippen molar-refractivity contribution in [3.63, 3.8) is 0 Å². The number of amides is 1. The number of nitriles is 1. The van der Waals surface area contributed by atoms with Crippen LogP contribution in [0.2, 0.25) is 0 Å². The third kappa shape index (κ3) is 4.10. The lowest BCUT2D eigenvalue weighted by Crippen LogP contribution is -2.13. The molecule has 0 saturated carbocycles. The van der Waals surface area contributed by atoms with E-state index in [9.17, 15) is 14.9 Å². The van der Waals surface area contributed by atoms with Crippen LogP contribution < -0.4 is 5.32 Å². The molecule has 0 unspecified atom stereocenters. The van der Waals surface area contributed by atoms with E-state index < -0.39 is 5.91 Å². The summed E-state index contributed by atoms with van der Waals surface area (Å²) in [5, 5.41) is 13.1. The number of nitrogens with zero attached hydrogens (tertiary/aromatic N) is 2.